The Kier molecular flexibility index (Phi) is 3.85. The number of halogens is 1. The number of furan rings is 1. The molecule has 0 amide bonds. The molecule has 100 valence electrons. The first-order chi connectivity index (χ1) is 9.01. The second-order valence-electron chi connectivity index (χ2n) is 4.29. The van der Waals surface area contributed by atoms with Gasteiger partial charge < -0.3 is 9.32 Å². The Morgan fingerprint density at radius 1 is 1.37 bits per heavy atom. The van der Waals surface area contributed by atoms with Crippen LogP contribution in [-0.4, -0.2) is 23.3 Å². The van der Waals surface area contributed by atoms with Gasteiger partial charge in [0.25, 0.3) is 0 Å². The molecule has 0 saturated carbocycles. The van der Waals surface area contributed by atoms with E-state index >= 15 is 0 Å². The minimum absolute atomic E-state index is 0.167. The molecule has 2 heterocycles. The third-order valence-corrected chi connectivity index (χ3v) is 2.95. The Bertz CT molecular complexity index is 610. The second-order valence-corrected chi connectivity index (χ2v) is 4.64. The van der Waals surface area contributed by atoms with Crippen molar-refractivity contribution in [2.75, 3.05) is 11.9 Å². The number of nitrogens with zero attached hydrogens (tertiary/aromatic N) is 3. The molecule has 0 fully saturated rings. The fourth-order valence-corrected chi connectivity index (χ4v) is 2.06. The molecule has 0 aliphatic rings. The molecule has 2 aromatic heterocycles. The van der Waals surface area contributed by atoms with Gasteiger partial charge in [0.15, 0.2) is 6.29 Å². The molecule has 0 saturated heterocycles. The molecule has 0 aliphatic carbocycles. The van der Waals surface area contributed by atoms with E-state index in [-0.39, 0.29) is 10.7 Å². The van der Waals surface area contributed by atoms with Crippen LogP contribution >= 0.6 is 11.6 Å². The van der Waals surface area contributed by atoms with Crippen LogP contribution in [0.1, 0.15) is 27.7 Å². The van der Waals surface area contributed by atoms with Gasteiger partial charge in [0.05, 0.1) is 12.1 Å². The summed E-state index contributed by atoms with van der Waals surface area (Å²) in [5.41, 5.74) is 0.290. The minimum Gasteiger partial charge on any atom is -0.464 e. The average Bonchev–Trinajstić information content (AvgIpc) is 2.73. The maximum absolute atomic E-state index is 11.1. The molecule has 19 heavy (non-hydrogen) atoms. The third kappa shape index (κ3) is 2.93. The van der Waals surface area contributed by atoms with E-state index in [1.165, 1.54) is 0 Å². The number of hydrogen-bond donors (Lipinski definition) is 0. The molecular formula is C13H14ClN3O2. The lowest BCUT2D eigenvalue weighted by Crippen LogP contribution is -2.20. The molecule has 0 N–H and O–H groups in total. The molecule has 0 radical (unpaired) electrons. The van der Waals surface area contributed by atoms with Gasteiger partial charge in [-0.3, -0.25) is 4.79 Å². The summed E-state index contributed by atoms with van der Waals surface area (Å²) in [4.78, 5) is 21.2. The first kappa shape index (κ1) is 13.5. The Labute approximate surface area is 116 Å². The highest BCUT2D eigenvalue weighted by atomic mass is 35.5. The normalized spacial score (nSPS) is 10.5. The summed E-state index contributed by atoms with van der Waals surface area (Å²) < 4.78 is 5.50. The van der Waals surface area contributed by atoms with Crippen molar-refractivity contribution in [1.82, 2.24) is 9.97 Å². The molecule has 2 aromatic rings. The zero-order chi connectivity index (χ0) is 14.0. The lowest BCUT2D eigenvalue weighted by Gasteiger charge is -2.19. The van der Waals surface area contributed by atoms with Gasteiger partial charge in [-0.05, 0) is 26.0 Å². The minimum atomic E-state index is 0.167. The van der Waals surface area contributed by atoms with Gasteiger partial charge in [0, 0.05) is 7.05 Å². The number of aromatic nitrogens is 2. The first-order valence-electron chi connectivity index (χ1n) is 5.77. The van der Waals surface area contributed by atoms with Crippen LogP contribution in [0.3, 0.4) is 0 Å². The van der Waals surface area contributed by atoms with Crippen molar-refractivity contribution in [2.24, 2.45) is 0 Å². The number of carbonyl (C=O) groups is 1. The fourth-order valence-electron chi connectivity index (χ4n) is 1.80. The number of carbonyl (C=O) groups excluding carboxylic acids is 1. The number of anilines is 1. The van der Waals surface area contributed by atoms with Crippen LogP contribution in [0, 0.1) is 13.8 Å². The van der Waals surface area contributed by atoms with E-state index < -0.39 is 0 Å². The predicted octanol–water partition coefficient (Wildman–Crippen LogP) is 2.79. The largest absolute Gasteiger partial charge is 0.464 e. The molecule has 0 atom stereocenters. The standard InChI is InChI=1S/C13H14ClN3O2/c1-8-4-5-10(19-8)6-17(3)13-11(7-18)12(14)15-9(2)16-13/h4-5,7H,6H2,1-3H3. The molecule has 6 heteroatoms. The summed E-state index contributed by atoms with van der Waals surface area (Å²) in [6, 6.07) is 3.78. The predicted molar refractivity (Wildman–Crippen MR) is 72.7 cm³/mol. The number of rotatable bonds is 4. The molecular weight excluding hydrogens is 266 g/mol. The lowest BCUT2D eigenvalue weighted by atomic mass is 10.3. The zero-order valence-corrected chi connectivity index (χ0v) is 11.7. The van der Waals surface area contributed by atoms with E-state index in [1.54, 1.807) is 6.92 Å². The summed E-state index contributed by atoms with van der Waals surface area (Å²) in [6.45, 7) is 4.11. The van der Waals surface area contributed by atoms with Crippen LogP contribution < -0.4 is 4.90 Å². The number of hydrogen-bond acceptors (Lipinski definition) is 5. The van der Waals surface area contributed by atoms with Gasteiger partial charge in [-0.1, -0.05) is 11.6 Å². The summed E-state index contributed by atoms with van der Waals surface area (Å²) in [5.74, 6) is 2.66. The van der Waals surface area contributed by atoms with Gasteiger partial charge in [0.2, 0.25) is 0 Å². The lowest BCUT2D eigenvalue weighted by molar-refractivity contribution is 0.112. The maximum Gasteiger partial charge on any atom is 0.156 e. The van der Waals surface area contributed by atoms with E-state index in [4.69, 9.17) is 16.0 Å². The molecule has 2 rings (SSSR count). The molecule has 0 aliphatic heterocycles. The summed E-state index contributed by atoms with van der Waals surface area (Å²) in [6.07, 6.45) is 0.668. The molecule has 0 bridgehead atoms. The summed E-state index contributed by atoms with van der Waals surface area (Å²) in [7, 11) is 1.82. The summed E-state index contributed by atoms with van der Waals surface area (Å²) in [5, 5.41) is 0.167. The van der Waals surface area contributed by atoms with Crippen molar-refractivity contribution in [3.63, 3.8) is 0 Å². The number of aryl methyl sites for hydroxylation is 2. The Balaban J connectivity index is 2.32. The molecule has 5 nitrogen and oxygen atoms in total. The van der Waals surface area contributed by atoms with Crippen molar-refractivity contribution < 1.29 is 9.21 Å². The van der Waals surface area contributed by atoms with Gasteiger partial charge in [0.1, 0.15) is 28.3 Å². The van der Waals surface area contributed by atoms with Crippen molar-refractivity contribution in [1.29, 1.82) is 0 Å². The maximum atomic E-state index is 11.1. The van der Waals surface area contributed by atoms with Crippen molar-refractivity contribution in [3.8, 4) is 0 Å². The van der Waals surface area contributed by atoms with E-state index in [9.17, 15) is 4.79 Å². The molecule has 0 spiro atoms. The highest BCUT2D eigenvalue weighted by Crippen LogP contribution is 2.23. The van der Waals surface area contributed by atoms with Crippen LogP contribution in [-0.2, 0) is 6.54 Å². The monoisotopic (exact) mass is 279 g/mol. The van der Waals surface area contributed by atoms with Crippen LogP contribution in [0.5, 0.6) is 0 Å². The highest BCUT2D eigenvalue weighted by molar-refractivity contribution is 6.32. The Morgan fingerprint density at radius 3 is 2.68 bits per heavy atom. The fraction of sp³-hybridized carbons (Fsp3) is 0.308. The molecule has 0 aromatic carbocycles. The Morgan fingerprint density at radius 2 is 2.11 bits per heavy atom. The van der Waals surface area contributed by atoms with Gasteiger partial charge in [-0.25, -0.2) is 9.97 Å². The topological polar surface area (TPSA) is 59.2 Å². The van der Waals surface area contributed by atoms with Gasteiger partial charge in [-0.2, -0.15) is 0 Å². The smallest absolute Gasteiger partial charge is 0.156 e. The zero-order valence-electron chi connectivity index (χ0n) is 11.0. The van der Waals surface area contributed by atoms with E-state index in [2.05, 4.69) is 9.97 Å². The second kappa shape index (κ2) is 5.40. The summed E-state index contributed by atoms with van der Waals surface area (Å²) >= 11 is 5.95. The van der Waals surface area contributed by atoms with E-state index in [0.29, 0.717) is 24.5 Å². The average molecular weight is 280 g/mol. The molecule has 0 unspecified atom stereocenters. The highest BCUT2D eigenvalue weighted by Gasteiger charge is 2.16. The van der Waals surface area contributed by atoms with Crippen LogP contribution in [0.2, 0.25) is 5.15 Å². The SMILES string of the molecule is Cc1nc(Cl)c(C=O)c(N(C)Cc2ccc(C)o2)n1. The van der Waals surface area contributed by atoms with Crippen molar-refractivity contribution >= 4 is 23.7 Å². The van der Waals surface area contributed by atoms with Crippen LogP contribution in [0.4, 0.5) is 5.82 Å². The number of aldehydes is 1. The first-order valence-corrected chi connectivity index (χ1v) is 6.15. The quantitative estimate of drug-likeness (QED) is 0.636. The van der Waals surface area contributed by atoms with Gasteiger partial charge >= 0.3 is 0 Å². The van der Waals surface area contributed by atoms with Gasteiger partial charge in [-0.15, -0.1) is 0 Å². The van der Waals surface area contributed by atoms with Crippen molar-refractivity contribution in [3.05, 3.63) is 40.2 Å². The third-order valence-electron chi connectivity index (χ3n) is 2.66. The van der Waals surface area contributed by atoms with Crippen LogP contribution in [0.25, 0.3) is 0 Å². The Hall–Kier alpha value is -1.88. The van der Waals surface area contributed by atoms with E-state index in [0.717, 1.165) is 11.5 Å². The van der Waals surface area contributed by atoms with E-state index in [1.807, 2.05) is 31.0 Å². The van der Waals surface area contributed by atoms with Crippen LogP contribution in [0.15, 0.2) is 16.5 Å². The van der Waals surface area contributed by atoms with Crippen molar-refractivity contribution in [2.45, 2.75) is 20.4 Å².